The number of halogens is 1. The van der Waals surface area contributed by atoms with Gasteiger partial charge in [0.25, 0.3) is 0 Å². The van der Waals surface area contributed by atoms with Crippen LogP contribution < -0.4 is 5.73 Å². The van der Waals surface area contributed by atoms with Gasteiger partial charge in [-0.25, -0.2) is 0 Å². The van der Waals surface area contributed by atoms with Gasteiger partial charge in [-0.3, -0.25) is 0 Å². The second-order valence-corrected chi connectivity index (χ2v) is 2.93. The van der Waals surface area contributed by atoms with Gasteiger partial charge in [0.15, 0.2) is 11.5 Å². The molecular formula is C9H14ClNO3. The highest BCUT2D eigenvalue weighted by molar-refractivity contribution is 5.85. The van der Waals surface area contributed by atoms with Crippen molar-refractivity contribution in [2.24, 2.45) is 5.73 Å². The van der Waals surface area contributed by atoms with Crippen molar-refractivity contribution >= 4 is 12.4 Å². The van der Waals surface area contributed by atoms with Gasteiger partial charge < -0.3 is 21.1 Å². The number of hydrogen-bond donors (Lipinski definition) is 4. The van der Waals surface area contributed by atoms with Crippen molar-refractivity contribution in [2.75, 3.05) is 6.61 Å². The summed E-state index contributed by atoms with van der Waals surface area (Å²) in [5.41, 5.74) is 6.02. The van der Waals surface area contributed by atoms with Gasteiger partial charge in [-0.2, -0.15) is 0 Å². The molecule has 80 valence electrons. The van der Waals surface area contributed by atoms with Crippen molar-refractivity contribution in [3.05, 3.63) is 23.8 Å². The number of rotatable bonds is 3. The van der Waals surface area contributed by atoms with Gasteiger partial charge in [-0.1, -0.05) is 12.1 Å². The maximum absolute atomic E-state index is 9.35. The Morgan fingerprint density at radius 1 is 1.29 bits per heavy atom. The smallest absolute Gasteiger partial charge is 0.160 e. The Bertz CT molecular complexity index is 293. The highest BCUT2D eigenvalue weighted by Gasteiger charge is 2.09. The third-order valence-electron chi connectivity index (χ3n) is 1.81. The number of aliphatic hydroxyl groups excluding tert-OH is 1. The van der Waals surface area contributed by atoms with E-state index in [-0.39, 0.29) is 30.5 Å². The van der Waals surface area contributed by atoms with E-state index < -0.39 is 6.04 Å². The SMILES string of the molecule is Cl.NC(CO)Cc1cccc(O)c1O. The van der Waals surface area contributed by atoms with Gasteiger partial charge in [-0.05, 0) is 18.1 Å². The first-order valence-electron chi connectivity index (χ1n) is 4.01. The van der Waals surface area contributed by atoms with E-state index in [0.717, 1.165) is 0 Å². The van der Waals surface area contributed by atoms with Crippen LogP contribution in [0.5, 0.6) is 11.5 Å². The molecule has 1 rings (SSSR count). The van der Waals surface area contributed by atoms with Crippen molar-refractivity contribution < 1.29 is 15.3 Å². The number of aromatic hydroxyl groups is 2. The highest BCUT2D eigenvalue weighted by Crippen LogP contribution is 2.28. The number of para-hydroxylation sites is 1. The number of phenols is 2. The van der Waals surface area contributed by atoms with Gasteiger partial charge in [-0.15, -0.1) is 12.4 Å². The average molecular weight is 220 g/mol. The fourth-order valence-electron chi connectivity index (χ4n) is 1.09. The molecule has 0 aliphatic rings. The molecule has 0 saturated heterocycles. The molecule has 0 aliphatic carbocycles. The van der Waals surface area contributed by atoms with Crippen LogP contribution in [0.25, 0.3) is 0 Å². The Kier molecular flexibility index (Phi) is 5.30. The first-order chi connectivity index (χ1) is 6.15. The lowest BCUT2D eigenvalue weighted by atomic mass is 10.1. The summed E-state index contributed by atoms with van der Waals surface area (Å²) in [7, 11) is 0. The van der Waals surface area contributed by atoms with Crippen molar-refractivity contribution in [2.45, 2.75) is 12.5 Å². The first kappa shape index (κ1) is 13.0. The number of aliphatic hydroxyl groups is 1. The van der Waals surface area contributed by atoms with Crippen LogP contribution in [0, 0.1) is 0 Å². The Morgan fingerprint density at radius 3 is 2.50 bits per heavy atom. The molecule has 0 saturated carbocycles. The Hall–Kier alpha value is -0.970. The average Bonchev–Trinajstić information content (AvgIpc) is 2.13. The first-order valence-corrected chi connectivity index (χ1v) is 4.01. The van der Waals surface area contributed by atoms with E-state index in [1.165, 1.54) is 6.07 Å². The largest absolute Gasteiger partial charge is 0.504 e. The molecule has 1 aromatic rings. The molecule has 0 heterocycles. The summed E-state index contributed by atoms with van der Waals surface area (Å²) in [6, 6.07) is 4.26. The van der Waals surface area contributed by atoms with Crippen LogP contribution in [0.1, 0.15) is 5.56 Å². The van der Waals surface area contributed by atoms with E-state index in [2.05, 4.69) is 0 Å². The minimum Gasteiger partial charge on any atom is -0.504 e. The second kappa shape index (κ2) is 5.70. The molecule has 0 aliphatic heterocycles. The van der Waals surface area contributed by atoms with Crippen LogP contribution in [0.15, 0.2) is 18.2 Å². The van der Waals surface area contributed by atoms with Gasteiger partial charge in [0.2, 0.25) is 0 Å². The predicted octanol–water partition coefficient (Wildman–Crippen LogP) is 0.382. The summed E-state index contributed by atoms with van der Waals surface area (Å²) in [5, 5.41) is 27.2. The summed E-state index contributed by atoms with van der Waals surface area (Å²) in [4.78, 5) is 0. The fourth-order valence-corrected chi connectivity index (χ4v) is 1.09. The van der Waals surface area contributed by atoms with E-state index in [1.807, 2.05) is 0 Å². The number of hydrogen-bond acceptors (Lipinski definition) is 4. The molecule has 5 heteroatoms. The van der Waals surface area contributed by atoms with E-state index in [0.29, 0.717) is 12.0 Å². The fraction of sp³-hybridized carbons (Fsp3) is 0.333. The quantitative estimate of drug-likeness (QED) is 0.554. The zero-order valence-corrected chi connectivity index (χ0v) is 8.37. The summed E-state index contributed by atoms with van der Waals surface area (Å²) < 4.78 is 0. The number of phenolic OH excluding ortho intramolecular Hbond substituents is 2. The molecule has 0 radical (unpaired) electrons. The van der Waals surface area contributed by atoms with Crippen molar-refractivity contribution in [3.63, 3.8) is 0 Å². The van der Waals surface area contributed by atoms with Gasteiger partial charge >= 0.3 is 0 Å². The van der Waals surface area contributed by atoms with Crippen molar-refractivity contribution in [1.82, 2.24) is 0 Å². The predicted molar refractivity (Wildman–Crippen MR) is 55.8 cm³/mol. The Balaban J connectivity index is 0.00000169. The minimum atomic E-state index is -0.410. The van der Waals surface area contributed by atoms with Crippen LogP contribution in [-0.4, -0.2) is 28.0 Å². The van der Waals surface area contributed by atoms with Gasteiger partial charge in [0, 0.05) is 6.04 Å². The molecule has 0 amide bonds. The monoisotopic (exact) mass is 219 g/mol. The van der Waals surface area contributed by atoms with E-state index in [4.69, 9.17) is 15.9 Å². The minimum absolute atomic E-state index is 0. The summed E-state index contributed by atoms with van der Waals surface area (Å²) in [5.74, 6) is -0.325. The number of benzene rings is 1. The lowest BCUT2D eigenvalue weighted by Crippen LogP contribution is -2.26. The van der Waals surface area contributed by atoms with Crippen LogP contribution >= 0.6 is 12.4 Å². The third-order valence-corrected chi connectivity index (χ3v) is 1.81. The van der Waals surface area contributed by atoms with Gasteiger partial charge in [0.1, 0.15) is 0 Å². The highest BCUT2D eigenvalue weighted by atomic mass is 35.5. The van der Waals surface area contributed by atoms with Gasteiger partial charge in [0.05, 0.1) is 6.61 Å². The molecule has 4 nitrogen and oxygen atoms in total. The lowest BCUT2D eigenvalue weighted by Gasteiger charge is -2.09. The molecular weight excluding hydrogens is 206 g/mol. The molecule has 1 unspecified atom stereocenters. The molecule has 0 aromatic heterocycles. The number of nitrogens with two attached hydrogens (primary N) is 1. The Labute approximate surface area is 88.4 Å². The van der Waals surface area contributed by atoms with Crippen LogP contribution in [-0.2, 0) is 6.42 Å². The van der Waals surface area contributed by atoms with Crippen LogP contribution in [0.2, 0.25) is 0 Å². The van der Waals surface area contributed by atoms with Crippen LogP contribution in [0.4, 0.5) is 0 Å². The lowest BCUT2D eigenvalue weighted by molar-refractivity contribution is 0.264. The summed E-state index contributed by atoms with van der Waals surface area (Å²) >= 11 is 0. The molecule has 0 fully saturated rings. The molecule has 1 atom stereocenters. The van der Waals surface area contributed by atoms with Crippen molar-refractivity contribution in [1.29, 1.82) is 0 Å². The topological polar surface area (TPSA) is 86.7 Å². The van der Waals surface area contributed by atoms with E-state index >= 15 is 0 Å². The van der Waals surface area contributed by atoms with Crippen LogP contribution in [0.3, 0.4) is 0 Å². The molecule has 14 heavy (non-hydrogen) atoms. The third kappa shape index (κ3) is 3.06. The molecule has 0 spiro atoms. The maximum atomic E-state index is 9.35. The summed E-state index contributed by atoms with van der Waals surface area (Å²) in [6.07, 6.45) is 0.344. The van der Waals surface area contributed by atoms with E-state index in [9.17, 15) is 5.11 Å². The zero-order valence-electron chi connectivity index (χ0n) is 7.55. The second-order valence-electron chi connectivity index (χ2n) is 2.93. The molecule has 1 aromatic carbocycles. The zero-order chi connectivity index (χ0) is 9.84. The summed E-state index contributed by atoms with van der Waals surface area (Å²) in [6.45, 7) is -0.144. The standard InChI is InChI=1S/C9H13NO3.ClH/c10-7(5-11)4-6-2-1-3-8(12)9(6)13;/h1-3,7,11-13H,4-5,10H2;1H. The Morgan fingerprint density at radius 2 is 1.93 bits per heavy atom. The molecule has 5 N–H and O–H groups in total. The molecule has 0 bridgehead atoms. The van der Waals surface area contributed by atoms with Crippen molar-refractivity contribution in [3.8, 4) is 11.5 Å². The maximum Gasteiger partial charge on any atom is 0.160 e. The van der Waals surface area contributed by atoms with E-state index in [1.54, 1.807) is 12.1 Å². The normalized spacial score (nSPS) is 11.9.